The first-order chi connectivity index (χ1) is 12.0. The highest BCUT2D eigenvalue weighted by Crippen LogP contribution is 2.14. The van der Waals surface area contributed by atoms with Gasteiger partial charge in [0.05, 0.1) is 31.0 Å². The highest BCUT2D eigenvalue weighted by atomic mass is 16.5. The summed E-state index contributed by atoms with van der Waals surface area (Å²) in [6.45, 7) is 10.1. The molecule has 138 valence electrons. The molecule has 0 bridgehead atoms. The number of morpholine rings is 1. The molecule has 1 saturated heterocycles. The van der Waals surface area contributed by atoms with Gasteiger partial charge in [-0.25, -0.2) is 0 Å². The molecule has 1 aromatic heterocycles. The Morgan fingerprint density at radius 3 is 2.76 bits per heavy atom. The van der Waals surface area contributed by atoms with Crippen molar-refractivity contribution < 1.29 is 14.3 Å². The molecule has 1 N–H and O–H groups in total. The van der Waals surface area contributed by atoms with Gasteiger partial charge in [-0.3, -0.25) is 19.5 Å². The zero-order valence-electron chi connectivity index (χ0n) is 15.7. The van der Waals surface area contributed by atoms with Crippen LogP contribution in [0.15, 0.2) is 12.1 Å². The van der Waals surface area contributed by atoms with Gasteiger partial charge in [-0.1, -0.05) is 13.8 Å². The molecule has 0 spiro atoms. The molecule has 1 amide bonds. The van der Waals surface area contributed by atoms with E-state index in [-0.39, 0.29) is 23.8 Å². The molecule has 6 nitrogen and oxygen atoms in total. The maximum Gasteiger partial charge on any atom is 0.237 e. The summed E-state index contributed by atoms with van der Waals surface area (Å²) in [5, 5.41) is 2.99. The topological polar surface area (TPSA) is 71.5 Å². The van der Waals surface area contributed by atoms with Gasteiger partial charge >= 0.3 is 0 Å². The normalized spacial score (nSPS) is 19.4. The maximum absolute atomic E-state index is 12.6. The minimum atomic E-state index is -0.143. The van der Waals surface area contributed by atoms with E-state index >= 15 is 0 Å². The Morgan fingerprint density at radius 2 is 2.16 bits per heavy atom. The number of Topliss-reactive ketones (excluding diaryl/α,β-unsaturated/α-hetero) is 1. The minimum Gasteiger partial charge on any atom is -0.376 e. The van der Waals surface area contributed by atoms with Crippen molar-refractivity contribution in [3.8, 4) is 0 Å². The first kappa shape index (κ1) is 19.5. The Hall–Kier alpha value is -1.79. The number of nitrogens with one attached hydrogen (secondary N) is 1. The van der Waals surface area contributed by atoms with Crippen molar-refractivity contribution in [2.24, 2.45) is 0 Å². The number of rotatable bonds is 7. The summed E-state index contributed by atoms with van der Waals surface area (Å²) < 4.78 is 5.69. The van der Waals surface area contributed by atoms with Crippen LogP contribution in [0.25, 0.3) is 0 Å². The van der Waals surface area contributed by atoms with Gasteiger partial charge in [0.1, 0.15) is 0 Å². The number of ketones is 1. The average Bonchev–Trinajstić information content (AvgIpc) is 2.60. The fourth-order valence-corrected chi connectivity index (χ4v) is 3.26. The lowest BCUT2D eigenvalue weighted by Crippen LogP contribution is -2.53. The molecule has 6 heteroatoms. The Labute approximate surface area is 150 Å². The van der Waals surface area contributed by atoms with Gasteiger partial charge in [-0.15, -0.1) is 0 Å². The second-order valence-corrected chi connectivity index (χ2v) is 6.53. The number of pyridine rings is 1. The Kier molecular flexibility index (Phi) is 7.08. The molecule has 0 aliphatic carbocycles. The van der Waals surface area contributed by atoms with Crippen LogP contribution in [-0.4, -0.2) is 53.4 Å². The quantitative estimate of drug-likeness (QED) is 0.765. The molecule has 2 atom stereocenters. The van der Waals surface area contributed by atoms with Crippen LogP contribution in [0.3, 0.4) is 0 Å². The molecule has 2 heterocycles. The minimum absolute atomic E-state index is 0.00410. The fraction of sp³-hybridized carbons (Fsp3) is 0.632. The second kappa shape index (κ2) is 9.06. The van der Waals surface area contributed by atoms with Gasteiger partial charge < -0.3 is 10.1 Å². The molecule has 2 rings (SSSR count). The van der Waals surface area contributed by atoms with E-state index in [0.29, 0.717) is 24.4 Å². The molecule has 1 fully saturated rings. The van der Waals surface area contributed by atoms with Crippen molar-refractivity contribution >= 4 is 11.7 Å². The summed E-state index contributed by atoms with van der Waals surface area (Å²) in [5.41, 5.74) is 2.09. The van der Waals surface area contributed by atoms with Gasteiger partial charge in [-0.05, 0) is 38.8 Å². The lowest BCUT2D eigenvalue weighted by molar-refractivity contribution is -0.130. The predicted molar refractivity (Wildman–Crippen MR) is 96.5 cm³/mol. The van der Waals surface area contributed by atoms with Crippen molar-refractivity contribution in [1.29, 1.82) is 0 Å². The van der Waals surface area contributed by atoms with E-state index in [1.54, 1.807) is 12.1 Å². The molecule has 1 aromatic rings. The van der Waals surface area contributed by atoms with Gasteiger partial charge in [0, 0.05) is 24.3 Å². The highest BCUT2D eigenvalue weighted by Gasteiger charge is 2.29. The van der Waals surface area contributed by atoms with Gasteiger partial charge in [0.2, 0.25) is 5.91 Å². The number of carbonyl (C=O) groups excluding carboxylic acids is 2. The van der Waals surface area contributed by atoms with Crippen molar-refractivity contribution in [2.45, 2.75) is 59.2 Å². The molecule has 0 aromatic carbocycles. The van der Waals surface area contributed by atoms with E-state index < -0.39 is 0 Å². The van der Waals surface area contributed by atoms with Gasteiger partial charge in [0.25, 0.3) is 0 Å². The first-order valence-corrected chi connectivity index (χ1v) is 9.07. The zero-order valence-corrected chi connectivity index (χ0v) is 15.7. The molecule has 1 aliphatic heterocycles. The average molecular weight is 347 g/mol. The van der Waals surface area contributed by atoms with Crippen LogP contribution in [0.4, 0.5) is 0 Å². The SMILES string of the molecule is CC[C@@H]1CN([C@@H](CC)C(=O)NCc2ccc(C(C)=O)c(C)n2)CCO1. The van der Waals surface area contributed by atoms with Crippen LogP contribution in [0.2, 0.25) is 0 Å². The largest absolute Gasteiger partial charge is 0.376 e. The summed E-state index contributed by atoms with van der Waals surface area (Å²) in [4.78, 5) is 30.7. The van der Waals surface area contributed by atoms with Crippen molar-refractivity contribution in [3.05, 3.63) is 29.1 Å². The molecule has 25 heavy (non-hydrogen) atoms. The summed E-state index contributed by atoms with van der Waals surface area (Å²) in [6.07, 6.45) is 1.93. The van der Waals surface area contributed by atoms with Crippen LogP contribution < -0.4 is 5.32 Å². The molecular weight excluding hydrogens is 318 g/mol. The second-order valence-electron chi connectivity index (χ2n) is 6.53. The van der Waals surface area contributed by atoms with Crippen molar-refractivity contribution in [2.75, 3.05) is 19.7 Å². The molecular formula is C19H29N3O3. The Bertz CT molecular complexity index is 618. The number of amides is 1. The molecule has 0 unspecified atom stereocenters. The van der Waals surface area contributed by atoms with E-state index in [2.05, 4.69) is 22.1 Å². The Balaban J connectivity index is 1.95. The van der Waals surface area contributed by atoms with E-state index in [1.807, 2.05) is 13.8 Å². The Morgan fingerprint density at radius 1 is 1.40 bits per heavy atom. The standard InChI is InChI=1S/C19H29N3O3/c1-5-16-12-22(9-10-25-16)18(6-2)19(24)20-11-15-7-8-17(14(4)23)13(3)21-15/h7-8,16,18H,5-6,9-12H2,1-4H3,(H,20,24)/t16-,18+/m1/s1. The number of hydrogen-bond acceptors (Lipinski definition) is 5. The maximum atomic E-state index is 12.6. The highest BCUT2D eigenvalue weighted by molar-refractivity contribution is 5.95. The van der Waals surface area contributed by atoms with Crippen molar-refractivity contribution in [1.82, 2.24) is 15.2 Å². The van der Waals surface area contributed by atoms with Crippen LogP contribution in [0.5, 0.6) is 0 Å². The molecule has 1 aliphatic rings. The number of ether oxygens (including phenoxy) is 1. The number of carbonyl (C=O) groups is 2. The number of aryl methyl sites for hydroxylation is 1. The molecule has 0 saturated carbocycles. The third-order valence-electron chi connectivity index (χ3n) is 4.72. The van der Waals surface area contributed by atoms with E-state index in [1.165, 1.54) is 6.92 Å². The van der Waals surface area contributed by atoms with E-state index in [0.717, 1.165) is 31.6 Å². The van der Waals surface area contributed by atoms with Gasteiger partial charge in [-0.2, -0.15) is 0 Å². The number of hydrogen-bond donors (Lipinski definition) is 1. The smallest absolute Gasteiger partial charge is 0.237 e. The monoisotopic (exact) mass is 347 g/mol. The van der Waals surface area contributed by atoms with Crippen LogP contribution in [-0.2, 0) is 16.1 Å². The number of nitrogens with zero attached hydrogens (tertiary/aromatic N) is 2. The zero-order chi connectivity index (χ0) is 18.4. The van der Waals surface area contributed by atoms with E-state index in [4.69, 9.17) is 4.74 Å². The number of aromatic nitrogens is 1. The first-order valence-electron chi connectivity index (χ1n) is 9.07. The summed E-state index contributed by atoms with van der Waals surface area (Å²) in [6, 6.07) is 3.43. The summed E-state index contributed by atoms with van der Waals surface area (Å²) in [7, 11) is 0. The lowest BCUT2D eigenvalue weighted by atomic mass is 10.1. The van der Waals surface area contributed by atoms with Crippen molar-refractivity contribution in [3.63, 3.8) is 0 Å². The predicted octanol–water partition coefficient (Wildman–Crippen LogP) is 2.10. The van der Waals surface area contributed by atoms with E-state index in [9.17, 15) is 9.59 Å². The van der Waals surface area contributed by atoms with Gasteiger partial charge in [0.15, 0.2) is 5.78 Å². The molecule has 0 radical (unpaired) electrons. The summed E-state index contributed by atoms with van der Waals surface area (Å²) in [5.74, 6) is 0.0266. The fourth-order valence-electron chi connectivity index (χ4n) is 3.26. The lowest BCUT2D eigenvalue weighted by Gasteiger charge is -2.37. The third kappa shape index (κ3) is 5.09. The van der Waals surface area contributed by atoms with Crippen LogP contribution >= 0.6 is 0 Å². The van der Waals surface area contributed by atoms with Crippen LogP contribution in [0, 0.1) is 6.92 Å². The van der Waals surface area contributed by atoms with Crippen LogP contribution in [0.1, 0.15) is 55.4 Å². The summed E-state index contributed by atoms with van der Waals surface area (Å²) >= 11 is 0. The third-order valence-corrected chi connectivity index (χ3v) is 4.72.